The van der Waals surface area contributed by atoms with Crippen LogP contribution in [0.2, 0.25) is 0 Å². The van der Waals surface area contributed by atoms with Crippen LogP contribution in [0, 0.1) is 5.41 Å². The van der Waals surface area contributed by atoms with Crippen molar-refractivity contribution >= 4 is 17.5 Å². The molecular weight excluding hydrogens is 232 g/mol. The zero-order chi connectivity index (χ0) is 13.0. The molecule has 0 bridgehead atoms. The van der Waals surface area contributed by atoms with Crippen LogP contribution in [0.15, 0.2) is 24.5 Å². The van der Waals surface area contributed by atoms with E-state index in [1.165, 1.54) is 0 Å². The summed E-state index contributed by atoms with van der Waals surface area (Å²) in [5.74, 6) is -0.805. The first-order valence-corrected chi connectivity index (χ1v) is 5.87. The molecule has 2 amide bonds. The van der Waals surface area contributed by atoms with E-state index >= 15 is 0 Å². The van der Waals surface area contributed by atoms with Crippen LogP contribution < -0.4 is 16.4 Å². The molecule has 1 aromatic rings. The Morgan fingerprint density at radius 3 is 2.78 bits per heavy atom. The Balaban J connectivity index is 1.95. The molecule has 1 aliphatic rings. The molecule has 1 fully saturated rings. The molecule has 4 N–H and O–H groups in total. The molecule has 2 heterocycles. The molecule has 6 nitrogen and oxygen atoms in total. The smallest absolute Gasteiger partial charge is 0.235 e. The highest BCUT2D eigenvalue weighted by Crippen LogP contribution is 2.30. The molecule has 0 saturated carbocycles. The summed E-state index contributed by atoms with van der Waals surface area (Å²) in [5, 5.41) is 5.81. The van der Waals surface area contributed by atoms with Crippen molar-refractivity contribution in [3.8, 4) is 0 Å². The van der Waals surface area contributed by atoms with Crippen molar-refractivity contribution in [2.75, 3.05) is 18.4 Å². The number of pyridine rings is 1. The van der Waals surface area contributed by atoms with Gasteiger partial charge in [-0.1, -0.05) is 0 Å². The molecule has 0 spiro atoms. The zero-order valence-corrected chi connectivity index (χ0v) is 9.98. The number of aromatic nitrogens is 1. The number of nitrogens with one attached hydrogen (secondary N) is 2. The first kappa shape index (κ1) is 12.3. The highest BCUT2D eigenvalue weighted by molar-refractivity contribution is 6.05. The second-order valence-electron chi connectivity index (χ2n) is 4.36. The van der Waals surface area contributed by atoms with Gasteiger partial charge in [0.05, 0.1) is 0 Å². The van der Waals surface area contributed by atoms with Crippen LogP contribution >= 0.6 is 0 Å². The first-order chi connectivity index (χ1) is 8.65. The van der Waals surface area contributed by atoms with Crippen LogP contribution in [0.3, 0.4) is 0 Å². The fraction of sp³-hybridized carbons (Fsp3) is 0.417. The molecule has 96 valence electrons. The fourth-order valence-corrected chi connectivity index (χ4v) is 2.16. The minimum Gasteiger partial charge on any atom is -0.385 e. The van der Waals surface area contributed by atoms with Crippen molar-refractivity contribution in [3.63, 3.8) is 0 Å². The number of hydrogen-bond acceptors (Lipinski definition) is 4. The number of amides is 2. The predicted octanol–water partition coefficient (Wildman–Crippen LogP) is -0.125. The number of primary amides is 1. The standard InChI is InChI=1S/C12H16N4O2/c13-10(17)12(4-8-16-11(12)18)3-7-15-9-1-5-14-6-2-9/h1-2,5-6H,3-4,7-8H2,(H2,13,17)(H,14,15)(H,16,18)/t12-/m1/s1. The van der Waals surface area contributed by atoms with E-state index in [0.717, 1.165) is 5.69 Å². The maximum absolute atomic E-state index is 11.7. The Morgan fingerprint density at radius 2 is 2.22 bits per heavy atom. The fourth-order valence-electron chi connectivity index (χ4n) is 2.16. The van der Waals surface area contributed by atoms with Crippen LogP contribution in [-0.2, 0) is 9.59 Å². The van der Waals surface area contributed by atoms with Gasteiger partial charge in [0.1, 0.15) is 5.41 Å². The second-order valence-corrected chi connectivity index (χ2v) is 4.36. The molecular formula is C12H16N4O2. The summed E-state index contributed by atoms with van der Waals surface area (Å²) in [6.07, 6.45) is 4.22. The van der Waals surface area contributed by atoms with Gasteiger partial charge in [0.2, 0.25) is 11.8 Å². The molecule has 6 heteroatoms. The molecule has 0 unspecified atom stereocenters. The van der Waals surface area contributed by atoms with E-state index in [9.17, 15) is 9.59 Å². The summed E-state index contributed by atoms with van der Waals surface area (Å²) in [7, 11) is 0. The number of carbonyl (C=O) groups is 2. The summed E-state index contributed by atoms with van der Waals surface area (Å²) in [4.78, 5) is 27.1. The van der Waals surface area contributed by atoms with Crippen LogP contribution in [0.5, 0.6) is 0 Å². The Morgan fingerprint density at radius 1 is 1.50 bits per heavy atom. The van der Waals surface area contributed by atoms with Gasteiger partial charge in [-0.15, -0.1) is 0 Å². The Bertz CT molecular complexity index is 449. The third kappa shape index (κ3) is 2.27. The Labute approximate surface area is 105 Å². The normalized spacial score (nSPS) is 22.6. The summed E-state index contributed by atoms with van der Waals surface area (Å²) < 4.78 is 0. The monoisotopic (exact) mass is 248 g/mol. The van der Waals surface area contributed by atoms with Gasteiger partial charge in [0, 0.05) is 31.2 Å². The van der Waals surface area contributed by atoms with E-state index < -0.39 is 11.3 Å². The number of nitrogens with two attached hydrogens (primary N) is 1. The van der Waals surface area contributed by atoms with Crippen molar-refractivity contribution < 1.29 is 9.59 Å². The SMILES string of the molecule is NC(=O)[C@@]1(CCNc2ccncc2)CCNC1=O. The van der Waals surface area contributed by atoms with E-state index in [1.54, 1.807) is 12.4 Å². The predicted molar refractivity (Wildman–Crippen MR) is 66.6 cm³/mol. The Kier molecular flexibility index (Phi) is 3.45. The van der Waals surface area contributed by atoms with Crippen molar-refractivity contribution in [2.45, 2.75) is 12.8 Å². The largest absolute Gasteiger partial charge is 0.385 e. The summed E-state index contributed by atoms with van der Waals surface area (Å²) in [6.45, 7) is 1.03. The van der Waals surface area contributed by atoms with Crippen molar-refractivity contribution in [1.82, 2.24) is 10.3 Å². The minimum absolute atomic E-state index is 0.258. The first-order valence-electron chi connectivity index (χ1n) is 5.87. The highest BCUT2D eigenvalue weighted by Gasteiger charge is 2.47. The van der Waals surface area contributed by atoms with E-state index in [4.69, 9.17) is 5.73 Å². The van der Waals surface area contributed by atoms with Crippen LogP contribution in [0.1, 0.15) is 12.8 Å². The van der Waals surface area contributed by atoms with Gasteiger partial charge in [-0.2, -0.15) is 0 Å². The third-order valence-electron chi connectivity index (χ3n) is 3.30. The van der Waals surface area contributed by atoms with Gasteiger partial charge in [-0.05, 0) is 25.0 Å². The number of rotatable bonds is 5. The van der Waals surface area contributed by atoms with Crippen molar-refractivity contribution in [3.05, 3.63) is 24.5 Å². The lowest BCUT2D eigenvalue weighted by molar-refractivity contribution is -0.139. The average molecular weight is 248 g/mol. The van der Waals surface area contributed by atoms with Gasteiger partial charge in [0.25, 0.3) is 0 Å². The van der Waals surface area contributed by atoms with Gasteiger partial charge in [-0.3, -0.25) is 14.6 Å². The molecule has 1 aliphatic heterocycles. The topological polar surface area (TPSA) is 97.1 Å². The molecule has 1 atom stereocenters. The quantitative estimate of drug-likeness (QED) is 0.632. The zero-order valence-electron chi connectivity index (χ0n) is 9.98. The molecule has 18 heavy (non-hydrogen) atoms. The molecule has 0 aliphatic carbocycles. The molecule has 1 saturated heterocycles. The average Bonchev–Trinajstić information content (AvgIpc) is 2.73. The van der Waals surface area contributed by atoms with Crippen LogP contribution in [0.4, 0.5) is 5.69 Å². The molecule has 1 aromatic heterocycles. The lowest BCUT2D eigenvalue weighted by Crippen LogP contribution is -2.44. The maximum atomic E-state index is 11.7. The van der Waals surface area contributed by atoms with Crippen LogP contribution in [-0.4, -0.2) is 29.9 Å². The summed E-state index contributed by atoms with van der Waals surface area (Å²) in [5.41, 5.74) is 5.22. The number of anilines is 1. The molecule has 0 aromatic carbocycles. The number of carbonyl (C=O) groups excluding carboxylic acids is 2. The van der Waals surface area contributed by atoms with Gasteiger partial charge in [-0.25, -0.2) is 0 Å². The summed E-state index contributed by atoms with van der Waals surface area (Å²) >= 11 is 0. The van der Waals surface area contributed by atoms with Gasteiger partial charge >= 0.3 is 0 Å². The highest BCUT2D eigenvalue weighted by atomic mass is 16.2. The van der Waals surface area contributed by atoms with E-state index in [1.807, 2.05) is 12.1 Å². The van der Waals surface area contributed by atoms with Gasteiger partial charge in [0.15, 0.2) is 0 Å². The summed E-state index contributed by atoms with van der Waals surface area (Å²) in [6, 6.07) is 3.65. The third-order valence-corrected chi connectivity index (χ3v) is 3.30. The lowest BCUT2D eigenvalue weighted by Gasteiger charge is -2.22. The maximum Gasteiger partial charge on any atom is 0.235 e. The van der Waals surface area contributed by atoms with Crippen molar-refractivity contribution in [1.29, 1.82) is 0 Å². The van der Waals surface area contributed by atoms with Gasteiger partial charge < -0.3 is 16.4 Å². The van der Waals surface area contributed by atoms with E-state index in [2.05, 4.69) is 15.6 Å². The van der Waals surface area contributed by atoms with E-state index in [-0.39, 0.29) is 5.91 Å². The van der Waals surface area contributed by atoms with E-state index in [0.29, 0.717) is 25.9 Å². The lowest BCUT2D eigenvalue weighted by atomic mass is 9.82. The number of nitrogens with zero attached hydrogens (tertiary/aromatic N) is 1. The minimum atomic E-state index is -1.06. The molecule has 0 radical (unpaired) electrons. The molecule has 2 rings (SSSR count). The van der Waals surface area contributed by atoms with Crippen LogP contribution in [0.25, 0.3) is 0 Å². The number of hydrogen-bond donors (Lipinski definition) is 3. The van der Waals surface area contributed by atoms with Crippen molar-refractivity contribution in [2.24, 2.45) is 11.1 Å². The Hall–Kier alpha value is -2.11. The second kappa shape index (κ2) is 5.03.